The lowest BCUT2D eigenvalue weighted by molar-refractivity contribution is 0.0731. The summed E-state index contributed by atoms with van der Waals surface area (Å²) in [6.07, 6.45) is 0. The van der Waals surface area contributed by atoms with Crippen LogP contribution in [0.1, 0.15) is 10.4 Å². The third-order valence-corrected chi connectivity index (χ3v) is 5.77. The monoisotopic (exact) mass is 589 g/mol. The molecule has 0 aromatic heterocycles. The topological polar surface area (TPSA) is 83.5 Å². The highest BCUT2D eigenvalue weighted by Gasteiger charge is 2.19. The van der Waals surface area contributed by atoms with Crippen LogP contribution in [-0.2, 0) is 10.1 Å². The Balaban J connectivity index is 2.35. The summed E-state index contributed by atoms with van der Waals surface area (Å²) in [4.78, 5) is 11.9. The lowest BCUT2D eigenvalue weighted by Crippen LogP contribution is -2.11. The number of ether oxygens (including phenoxy) is 1. The molecule has 2 rings (SSSR count). The van der Waals surface area contributed by atoms with E-state index in [4.69, 9.17) is 4.74 Å². The Morgan fingerprint density at radius 1 is 0.957 bits per heavy atom. The van der Waals surface area contributed by atoms with Crippen molar-refractivity contribution in [2.45, 2.75) is 4.90 Å². The fourth-order valence-corrected chi connectivity index (χ4v) is 5.30. The summed E-state index contributed by atoms with van der Waals surface area (Å²) in [5, 5.41) is 0. The van der Waals surface area contributed by atoms with Crippen molar-refractivity contribution in [1.29, 1.82) is 0 Å². The summed E-state index contributed by atoms with van der Waals surface area (Å²) in [7, 11) is -4.58. The van der Waals surface area contributed by atoms with Gasteiger partial charge in [0.25, 0.3) is 0 Å². The first-order valence-electron chi connectivity index (χ1n) is 5.72. The fraction of sp³-hybridized carbons (Fsp3) is 0. The lowest BCUT2D eigenvalue weighted by Gasteiger charge is -2.12. The minimum atomic E-state index is -4.58. The molecule has 122 valence electrons. The Bertz CT molecular complexity index is 872. The minimum Gasteiger partial charge on any atom is -0.744 e. The zero-order valence-corrected chi connectivity index (χ0v) is 18.0. The largest absolute Gasteiger partial charge is 0.744 e. The Morgan fingerprint density at radius 2 is 1.52 bits per heavy atom. The highest BCUT2D eigenvalue weighted by Crippen LogP contribution is 2.33. The molecule has 0 N–H and O–H groups in total. The van der Waals surface area contributed by atoms with Crippen LogP contribution in [-0.4, -0.2) is 18.9 Å². The first-order valence-corrected chi connectivity index (χ1v) is 10.3. The van der Waals surface area contributed by atoms with Crippen LogP contribution in [0.15, 0.2) is 53.1 Å². The molecule has 0 bridgehead atoms. The molecule has 0 saturated carbocycles. The second kappa shape index (κ2) is 7.32. The van der Waals surface area contributed by atoms with Crippen LogP contribution in [0.3, 0.4) is 0 Å². The van der Waals surface area contributed by atoms with Gasteiger partial charge in [-0.05, 0) is 78.1 Å². The van der Waals surface area contributed by atoms with E-state index < -0.39 is 21.0 Å². The van der Waals surface area contributed by atoms with Crippen molar-refractivity contribution in [2.75, 3.05) is 0 Å². The summed E-state index contributed by atoms with van der Waals surface area (Å²) in [6, 6.07) is 6.75. The van der Waals surface area contributed by atoms with Crippen LogP contribution in [0.4, 0.5) is 0 Å². The molecule has 10 heteroatoms. The van der Waals surface area contributed by atoms with E-state index in [2.05, 4.69) is 63.7 Å². The van der Waals surface area contributed by atoms with Gasteiger partial charge in [0.05, 0.1) is 14.9 Å². The van der Waals surface area contributed by atoms with E-state index in [-0.39, 0.29) is 15.8 Å². The molecule has 0 saturated heterocycles. The third-order valence-electron chi connectivity index (χ3n) is 2.61. The van der Waals surface area contributed by atoms with Crippen LogP contribution >= 0.6 is 63.7 Å². The van der Waals surface area contributed by atoms with Crippen molar-refractivity contribution in [3.63, 3.8) is 0 Å². The van der Waals surface area contributed by atoms with Crippen LogP contribution in [0.5, 0.6) is 5.75 Å². The number of halogens is 4. The van der Waals surface area contributed by atoms with E-state index in [1.807, 2.05) is 0 Å². The van der Waals surface area contributed by atoms with Crippen molar-refractivity contribution >= 4 is 79.8 Å². The molecular formula is C13H5Br4O5S-. The number of hydrogen-bond acceptors (Lipinski definition) is 5. The van der Waals surface area contributed by atoms with Gasteiger partial charge in [-0.3, -0.25) is 0 Å². The highest BCUT2D eigenvalue weighted by atomic mass is 79.9. The normalized spacial score (nSPS) is 11.3. The Kier molecular flexibility index (Phi) is 6.07. The summed E-state index contributed by atoms with van der Waals surface area (Å²) in [5.41, 5.74) is 0.264. The van der Waals surface area contributed by atoms with Gasteiger partial charge in [-0.1, -0.05) is 15.9 Å². The Morgan fingerprint density at radius 3 is 2.00 bits per heavy atom. The third kappa shape index (κ3) is 4.64. The Hall–Kier alpha value is -0.260. The average molecular weight is 593 g/mol. The molecular weight excluding hydrogens is 588 g/mol. The quantitative estimate of drug-likeness (QED) is 0.289. The van der Waals surface area contributed by atoms with E-state index in [0.717, 1.165) is 16.6 Å². The number of benzene rings is 2. The smallest absolute Gasteiger partial charge is 0.345 e. The van der Waals surface area contributed by atoms with E-state index >= 15 is 0 Å². The van der Waals surface area contributed by atoms with Gasteiger partial charge < -0.3 is 9.29 Å². The number of rotatable bonds is 3. The van der Waals surface area contributed by atoms with Crippen LogP contribution in [0.2, 0.25) is 0 Å². The maximum absolute atomic E-state index is 12.3. The summed E-state index contributed by atoms with van der Waals surface area (Å²) < 4.78 is 40.1. The van der Waals surface area contributed by atoms with Crippen LogP contribution in [0, 0.1) is 0 Å². The van der Waals surface area contributed by atoms with Crippen molar-refractivity contribution in [1.82, 2.24) is 0 Å². The summed E-state index contributed by atoms with van der Waals surface area (Å²) in [5.74, 6) is -0.571. The maximum Gasteiger partial charge on any atom is 0.345 e. The van der Waals surface area contributed by atoms with Crippen LogP contribution < -0.4 is 4.74 Å². The first kappa shape index (κ1) is 19.1. The first-order chi connectivity index (χ1) is 10.6. The van der Waals surface area contributed by atoms with E-state index in [0.29, 0.717) is 8.95 Å². The van der Waals surface area contributed by atoms with Gasteiger partial charge in [0.2, 0.25) is 0 Å². The molecule has 0 unspecified atom stereocenters. The molecule has 0 radical (unpaired) electrons. The second-order valence-electron chi connectivity index (χ2n) is 4.18. The maximum atomic E-state index is 12.3. The highest BCUT2D eigenvalue weighted by molar-refractivity contribution is 9.11. The fourth-order valence-electron chi connectivity index (χ4n) is 1.61. The van der Waals surface area contributed by atoms with Gasteiger partial charge in [0, 0.05) is 13.4 Å². The lowest BCUT2D eigenvalue weighted by atomic mass is 10.2. The predicted molar refractivity (Wildman–Crippen MR) is 96.6 cm³/mol. The molecule has 5 nitrogen and oxygen atoms in total. The van der Waals surface area contributed by atoms with Gasteiger partial charge >= 0.3 is 5.97 Å². The standard InChI is InChI=1S/C13H6Br4O5S/c14-6-3-9(16)12(10(17)4-6)13(18)22-11-2-1-7(5-8(11)15)23(19,20)21/h1-5H,(H,19,20,21)/p-1. The zero-order valence-electron chi connectivity index (χ0n) is 10.8. The number of carbonyl (C=O) groups is 1. The molecule has 2 aromatic carbocycles. The van der Waals surface area contributed by atoms with Gasteiger partial charge in [0.1, 0.15) is 15.9 Å². The molecule has 0 atom stereocenters. The van der Waals surface area contributed by atoms with E-state index in [9.17, 15) is 17.8 Å². The number of esters is 1. The molecule has 23 heavy (non-hydrogen) atoms. The minimum absolute atomic E-state index is 0.0871. The molecule has 0 spiro atoms. The van der Waals surface area contributed by atoms with E-state index in [1.165, 1.54) is 6.07 Å². The molecule has 2 aromatic rings. The van der Waals surface area contributed by atoms with Gasteiger partial charge in [-0.25, -0.2) is 13.2 Å². The number of carbonyl (C=O) groups excluding carboxylic acids is 1. The zero-order chi connectivity index (χ0) is 17.4. The molecule has 0 aliphatic rings. The van der Waals surface area contributed by atoms with Crippen molar-refractivity contribution in [3.8, 4) is 5.75 Å². The summed E-state index contributed by atoms with van der Waals surface area (Å²) in [6.45, 7) is 0. The van der Waals surface area contributed by atoms with E-state index in [1.54, 1.807) is 12.1 Å². The van der Waals surface area contributed by atoms with Gasteiger partial charge in [-0.15, -0.1) is 0 Å². The van der Waals surface area contributed by atoms with Gasteiger partial charge in [-0.2, -0.15) is 0 Å². The predicted octanol–water partition coefficient (Wildman–Crippen LogP) is 4.86. The SMILES string of the molecule is O=C(Oc1ccc(S(=O)(=O)[O-])cc1Br)c1c(Br)cc(Br)cc1Br. The number of hydrogen-bond donors (Lipinski definition) is 0. The molecule has 0 amide bonds. The second-order valence-corrected chi connectivity index (χ2v) is 9.04. The molecule has 0 aliphatic heterocycles. The summed E-state index contributed by atoms with van der Waals surface area (Å²) >= 11 is 12.9. The molecule has 0 fully saturated rings. The van der Waals surface area contributed by atoms with Crippen molar-refractivity contribution < 1.29 is 22.5 Å². The van der Waals surface area contributed by atoms with Crippen molar-refractivity contribution in [2.24, 2.45) is 0 Å². The van der Waals surface area contributed by atoms with Crippen LogP contribution in [0.25, 0.3) is 0 Å². The van der Waals surface area contributed by atoms with Crippen molar-refractivity contribution in [3.05, 3.63) is 53.8 Å². The molecule has 0 heterocycles. The average Bonchev–Trinajstić information content (AvgIpc) is 2.38. The Labute approximate surface area is 165 Å². The molecule has 0 aliphatic carbocycles. The van der Waals surface area contributed by atoms with Gasteiger partial charge in [0.15, 0.2) is 0 Å².